The maximum Gasteiger partial charge on any atom is 0.249 e. The molecule has 0 aliphatic heterocycles. The Morgan fingerprint density at radius 2 is 1.88 bits per heavy atom. The van der Waals surface area contributed by atoms with Crippen LogP contribution in [0.3, 0.4) is 0 Å². The molecule has 1 atom stereocenters. The summed E-state index contributed by atoms with van der Waals surface area (Å²) < 4.78 is 0. The van der Waals surface area contributed by atoms with Crippen molar-refractivity contribution in [2.75, 3.05) is 20.6 Å². The number of hydrogen-bond donors (Lipinski definition) is 2. The number of hydrogen-bond acceptors (Lipinski definition) is 3. The van der Waals surface area contributed by atoms with Crippen LogP contribution in [0.15, 0.2) is 30.3 Å². The molecule has 0 aliphatic rings. The number of nitrogens with one attached hydrogen (secondary N) is 1. The third-order valence-corrected chi connectivity index (χ3v) is 2.31. The van der Waals surface area contributed by atoms with Gasteiger partial charge in [-0.1, -0.05) is 30.3 Å². The van der Waals surface area contributed by atoms with Gasteiger partial charge in [-0.15, -0.1) is 0 Å². The first-order chi connectivity index (χ1) is 8.06. The molecule has 0 aromatic heterocycles. The van der Waals surface area contributed by atoms with Crippen molar-refractivity contribution in [1.29, 1.82) is 0 Å². The number of rotatable bonds is 4. The van der Waals surface area contributed by atoms with E-state index in [2.05, 4.69) is 5.32 Å². The molecular weight excluding hydrogens is 218 g/mol. The molecule has 1 unspecified atom stereocenters. The summed E-state index contributed by atoms with van der Waals surface area (Å²) in [6, 6.07) is 8.40. The Kier molecular flexibility index (Phi) is 4.66. The molecule has 0 heterocycles. The van der Waals surface area contributed by atoms with Gasteiger partial charge in [0.15, 0.2) is 0 Å². The minimum Gasteiger partial charge on any atom is -0.347 e. The summed E-state index contributed by atoms with van der Waals surface area (Å²) >= 11 is 0. The molecule has 0 bridgehead atoms. The fourth-order valence-corrected chi connectivity index (χ4v) is 1.41. The van der Waals surface area contributed by atoms with Crippen molar-refractivity contribution in [3.8, 4) is 0 Å². The van der Waals surface area contributed by atoms with E-state index in [1.165, 1.54) is 4.90 Å². The number of nitrogens with zero attached hydrogens (tertiary/aromatic N) is 1. The average molecular weight is 235 g/mol. The van der Waals surface area contributed by atoms with Gasteiger partial charge in [-0.3, -0.25) is 9.59 Å². The lowest BCUT2D eigenvalue weighted by Gasteiger charge is -2.21. The number of amides is 2. The fraction of sp³-hybridized carbons (Fsp3) is 0.333. The minimum absolute atomic E-state index is 0.135. The lowest BCUT2D eigenvalue weighted by atomic mass is 10.1. The van der Waals surface area contributed by atoms with Crippen LogP contribution in [0.5, 0.6) is 0 Å². The van der Waals surface area contributed by atoms with Gasteiger partial charge in [-0.2, -0.15) is 0 Å². The summed E-state index contributed by atoms with van der Waals surface area (Å²) in [4.78, 5) is 24.7. The second-order valence-corrected chi connectivity index (χ2v) is 3.85. The maximum atomic E-state index is 12.0. The van der Waals surface area contributed by atoms with E-state index in [9.17, 15) is 9.59 Å². The van der Waals surface area contributed by atoms with Crippen molar-refractivity contribution < 1.29 is 9.59 Å². The first-order valence-corrected chi connectivity index (χ1v) is 5.31. The van der Waals surface area contributed by atoms with Gasteiger partial charge in [0.25, 0.3) is 0 Å². The summed E-state index contributed by atoms with van der Waals surface area (Å²) in [7, 11) is 3.29. The quantitative estimate of drug-likeness (QED) is 0.764. The molecule has 17 heavy (non-hydrogen) atoms. The number of nitrogens with two attached hydrogens (primary N) is 1. The first kappa shape index (κ1) is 13.2. The highest BCUT2D eigenvalue weighted by molar-refractivity contribution is 5.89. The summed E-state index contributed by atoms with van der Waals surface area (Å²) in [5.74, 6) is -0.535. The maximum absolute atomic E-state index is 12.0. The summed E-state index contributed by atoms with van der Waals surface area (Å²) in [5.41, 5.74) is 5.98. The Morgan fingerprint density at radius 1 is 1.29 bits per heavy atom. The van der Waals surface area contributed by atoms with Crippen LogP contribution in [0.2, 0.25) is 0 Å². The van der Waals surface area contributed by atoms with E-state index in [1.54, 1.807) is 26.2 Å². The van der Waals surface area contributed by atoms with Crippen molar-refractivity contribution >= 4 is 11.8 Å². The monoisotopic (exact) mass is 235 g/mol. The molecule has 1 aromatic rings. The lowest BCUT2D eigenvalue weighted by Crippen LogP contribution is -2.42. The molecule has 5 heteroatoms. The number of benzene rings is 1. The molecule has 0 fully saturated rings. The zero-order chi connectivity index (χ0) is 12.8. The van der Waals surface area contributed by atoms with Crippen LogP contribution in [-0.2, 0) is 9.59 Å². The summed E-state index contributed by atoms with van der Waals surface area (Å²) in [6.07, 6.45) is 0. The molecule has 0 radical (unpaired) electrons. The third kappa shape index (κ3) is 3.57. The molecule has 1 rings (SSSR count). The molecule has 0 aliphatic carbocycles. The first-order valence-electron chi connectivity index (χ1n) is 5.31. The van der Waals surface area contributed by atoms with E-state index >= 15 is 0 Å². The predicted octanol–water partition coefficient (Wildman–Crippen LogP) is -0.109. The van der Waals surface area contributed by atoms with Crippen LogP contribution < -0.4 is 11.1 Å². The molecule has 2 amide bonds. The molecule has 0 saturated heterocycles. The van der Waals surface area contributed by atoms with Crippen LogP contribution in [0.1, 0.15) is 11.6 Å². The third-order valence-electron chi connectivity index (χ3n) is 2.31. The largest absolute Gasteiger partial charge is 0.347 e. The van der Waals surface area contributed by atoms with Crippen LogP contribution in [0.25, 0.3) is 0 Å². The molecule has 5 nitrogen and oxygen atoms in total. The Morgan fingerprint density at radius 3 is 2.35 bits per heavy atom. The molecule has 92 valence electrons. The molecule has 3 N–H and O–H groups in total. The van der Waals surface area contributed by atoms with Crippen LogP contribution in [-0.4, -0.2) is 37.4 Å². The predicted molar refractivity (Wildman–Crippen MR) is 65.1 cm³/mol. The SMILES string of the molecule is CN(C)C(=O)C(NC(=O)CN)c1ccccc1. The number of likely N-dealkylation sites (N-methyl/N-ethyl adjacent to an activating group) is 1. The highest BCUT2D eigenvalue weighted by atomic mass is 16.2. The Labute approximate surface area is 101 Å². The molecule has 0 saturated carbocycles. The van der Waals surface area contributed by atoms with Crippen LogP contribution >= 0.6 is 0 Å². The number of carbonyl (C=O) groups excluding carboxylic acids is 2. The van der Waals surface area contributed by atoms with Gasteiger partial charge in [0.2, 0.25) is 11.8 Å². The highest BCUT2D eigenvalue weighted by Gasteiger charge is 2.23. The van der Waals surface area contributed by atoms with E-state index in [-0.39, 0.29) is 18.4 Å². The minimum atomic E-state index is -0.678. The van der Waals surface area contributed by atoms with Gasteiger partial charge in [0.1, 0.15) is 6.04 Å². The molecule has 1 aromatic carbocycles. The van der Waals surface area contributed by atoms with Crippen molar-refractivity contribution in [2.45, 2.75) is 6.04 Å². The van der Waals surface area contributed by atoms with Gasteiger partial charge in [0.05, 0.1) is 6.54 Å². The second kappa shape index (κ2) is 6.00. The number of carbonyl (C=O) groups is 2. The topological polar surface area (TPSA) is 75.4 Å². The Hall–Kier alpha value is -1.88. The van der Waals surface area contributed by atoms with E-state index in [0.29, 0.717) is 0 Å². The summed E-state index contributed by atoms with van der Waals surface area (Å²) in [6.45, 7) is -0.135. The highest BCUT2D eigenvalue weighted by Crippen LogP contribution is 2.14. The van der Waals surface area contributed by atoms with Crippen molar-refractivity contribution in [3.63, 3.8) is 0 Å². The fourth-order valence-electron chi connectivity index (χ4n) is 1.41. The summed E-state index contributed by atoms with van der Waals surface area (Å²) in [5, 5.41) is 2.61. The Balaban J connectivity index is 2.94. The van der Waals surface area contributed by atoms with Crippen LogP contribution in [0, 0.1) is 0 Å². The zero-order valence-corrected chi connectivity index (χ0v) is 10.0. The van der Waals surface area contributed by atoms with Crippen molar-refractivity contribution in [1.82, 2.24) is 10.2 Å². The lowest BCUT2D eigenvalue weighted by molar-refractivity contribution is -0.134. The van der Waals surface area contributed by atoms with Gasteiger partial charge >= 0.3 is 0 Å². The van der Waals surface area contributed by atoms with Crippen molar-refractivity contribution in [2.24, 2.45) is 5.73 Å². The zero-order valence-electron chi connectivity index (χ0n) is 10.0. The molecular formula is C12H17N3O2. The van der Waals surface area contributed by atoms with Gasteiger partial charge in [-0.25, -0.2) is 0 Å². The van der Waals surface area contributed by atoms with Gasteiger partial charge in [0, 0.05) is 14.1 Å². The second-order valence-electron chi connectivity index (χ2n) is 3.85. The van der Waals surface area contributed by atoms with Crippen LogP contribution in [0.4, 0.5) is 0 Å². The van der Waals surface area contributed by atoms with E-state index < -0.39 is 6.04 Å². The average Bonchev–Trinajstić information content (AvgIpc) is 2.35. The van der Waals surface area contributed by atoms with Crippen molar-refractivity contribution in [3.05, 3.63) is 35.9 Å². The van der Waals surface area contributed by atoms with E-state index in [0.717, 1.165) is 5.56 Å². The van der Waals surface area contributed by atoms with Gasteiger partial charge < -0.3 is 16.0 Å². The van der Waals surface area contributed by atoms with E-state index in [4.69, 9.17) is 5.73 Å². The normalized spacial score (nSPS) is 11.7. The smallest absolute Gasteiger partial charge is 0.249 e. The molecule has 0 spiro atoms. The Bertz CT molecular complexity index is 390. The van der Waals surface area contributed by atoms with Gasteiger partial charge in [-0.05, 0) is 5.56 Å². The van der Waals surface area contributed by atoms with E-state index in [1.807, 2.05) is 18.2 Å². The standard InChI is InChI=1S/C12H17N3O2/c1-15(2)12(17)11(14-10(16)8-13)9-6-4-3-5-7-9/h3-7,11H,8,13H2,1-2H3,(H,14,16).